The van der Waals surface area contributed by atoms with Gasteiger partial charge < -0.3 is 9.64 Å². The first-order valence-corrected chi connectivity index (χ1v) is 13.6. The van der Waals surface area contributed by atoms with E-state index in [-0.39, 0.29) is 41.9 Å². The number of fused-ring (bicyclic) bond motifs is 1. The number of anilines is 1. The maximum absolute atomic E-state index is 13.7. The van der Waals surface area contributed by atoms with Gasteiger partial charge in [0.15, 0.2) is 5.13 Å². The number of sulfonamides is 1. The minimum absolute atomic E-state index is 0.130. The van der Waals surface area contributed by atoms with Crippen molar-refractivity contribution in [3.8, 4) is 0 Å². The van der Waals surface area contributed by atoms with Crippen molar-refractivity contribution < 1.29 is 22.3 Å². The van der Waals surface area contributed by atoms with Crippen molar-refractivity contribution >= 4 is 42.6 Å². The molecule has 35 heavy (non-hydrogen) atoms. The van der Waals surface area contributed by atoms with Crippen molar-refractivity contribution in [1.82, 2.24) is 14.2 Å². The molecule has 3 aromatic rings. The molecule has 1 aromatic heterocycles. The molecule has 8 nitrogen and oxygen atoms in total. The van der Waals surface area contributed by atoms with Gasteiger partial charge in [0, 0.05) is 31.7 Å². The number of aromatic nitrogens is 1. The van der Waals surface area contributed by atoms with Crippen molar-refractivity contribution in [2.24, 2.45) is 0 Å². The van der Waals surface area contributed by atoms with Crippen molar-refractivity contribution in [2.45, 2.75) is 31.0 Å². The van der Waals surface area contributed by atoms with Crippen molar-refractivity contribution in [3.05, 3.63) is 53.8 Å². The highest BCUT2D eigenvalue weighted by molar-refractivity contribution is 7.89. The molecule has 0 unspecified atom stereocenters. The van der Waals surface area contributed by atoms with E-state index in [4.69, 9.17) is 4.74 Å². The van der Waals surface area contributed by atoms with Gasteiger partial charge in [-0.25, -0.2) is 17.8 Å². The van der Waals surface area contributed by atoms with E-state index in [9.17, 15) is 17.6 Å². The van der Waals surface area contributed by atoms with Crippen LogP contribution in [0.2, 0.25) is 0 Å². The Morgan fingerprint density at radius 1 is 1.11 bits per heavy atom. The van der Waals surface area contributed by atoms with Crippen molar-refractivity contribution in [3.63, 3.8) is 0 Å². The van der Waals surface area contributed by atoms with E-state index in [1.165, 1.54) is 52.0 Å². The van der Waals surface area contributed by atoms with Crippen LogP contribution in [0.3, 0.4) is 0 Å². The second kappa shape index (κ2) is 10.3. The molecule has 2 atom stereocenters. The molecule has 0 bridgehead atoms. The van der Waals surface area contributed by atoms with E-state index in [0.29, 0.717) is 34.0 Å². The second-order valence-electron chi connectivity index (χ2n) is 8.97. The number of likely N-dealkylation sites (N-methyl/N-ethyl adjacent to an activating group) is 1. The maximum Gasteiger partial charge on any atom is 0.260 e. The number of benzene rings is 2. The molecule has 0 spiro atoms. The van der Waals surface area contributed by atoms with Gasteiger partial charge in [-0.15, -0.1) is 0 Å². The van der Waals surface area contributed by atoms with Gasteiger partial charge >= 0.3 is 0 Å². The molecule has 2 aromatic carbocycles. The van der Waals surface area contributed by atoms with Crippen LogP contribution in [0.4, 0.5) is 9.52 Å². The molecule has 0 radical (unpaired) electrons. The number of nitrogens with zero attached hydrogens (tertiary/aromatic N) is 4. The Kier molecular flexibility index (Phi) is 7.53. The summed E-state index contributed by atoms with van der Waals surface area (Å²) in [5.41, 5.74) is 0.960. The van der Waals surface area contributed by atoms with Gasteiger partial charge in [0.2, 0.25) is 10.0 Å². The number of halogens is 1. The molecule has 4 rings (SSSR count). The molecule has 0 saturated carbocycles. The van der Waals surface area contributed by atoms with Crippen LogP contribution in [0.25, 0.3) is 10.2 Å². The number of carbonyl (C=O) groups is 1. The molecule has 1 amide bonds. The number of rotatable bonds is 7. The second-order valence-corrected chi connectivity index (χ2v) is 11.9. The molecular weight excluding hydrogens is 491 g/mol. The van der Waals surface area contributed by atoms with Gasteiger partial charge in [-0.1, -0.05) is 11.3 Å². The zero-order chi connectivity index (χ0) is 25.3. The van der Waals surface area contributed by atoms with Crippen LogP contribution in [-0.2, 0) is 14.8 Å². The SMILES string of the molecule is C[C@@H]1CN(S(=O)(=O)c2ccc(C(=O)N(CCN(C)C)c3nc4ccc(F)cc4s3)cc2)C[C@H](C)O1. The first kappa shape index (κ1) is 25.6. The summed E-state index contributed by atoms with van der Waals surface area (Å²) in [5.74, 6) is -0.663. The number of morpholine rings is 1. The van der Waals surface area contributed by atoms with Crippen LogP contribution in [-0.4, -0.2) is 81.0 Å². The Morgan fingerprint density at radius 2 is 1.77 bits per heavy atom. The third-order valence-corrected chi connectivity index (χ3v) is 8.60. The summed E-state index contributed by atoms with van der Waals surface area (Å²) in [6.45, 7) is 5.22. The number of hydrogen-bond acceptors (Lipinski definition) is 7. The van der Waals surface area contributed by atoms with E-state index in [1.54, 1.807) is 11.0 Å². The lowest BCUT2D eigenvalue weighted by Gasteiger charge is -2.34. The Labute approximate surface area is 209 Å². The average molecular weight is 521 g/mol. The first-order valence-electron chi connectivity index (χ1n) is 11.3. The lowest BCUT2D eigenvalue weighted by Crippen LogP contribution is -2.48. The third-order valence-electron chi connectivity index (χ3n) is 5.71. The molecule has 2 heterocycles. The predicted molar refractivity (Wildman–Crippen MR) is 135 cm³/mol. The fourth-order valence-corrected chi connectivity index (χ4v) is 6.59. The summed E-state index contributed by atoms with van der Waals surface area (Å²) in [6.07, 6.45) is -0.385. The summed E-state index contributed by atoms with van der Waals surface area (Å²) in [7, 11) is 0.103. The minimum Gasteiger partial charge on any atom is -0.373 e. The van der Waals surface area contributed by atoms with Gasteiger partial charge in [0.05, 0.1) is 27.3 Å². The van der Waals surface area contributed by atoms with Crippen LogP contribution in [0, 0.1) is 5.82 Å². The van der Waals surface area contributed by atoms with Crippen LogP contribution in [0.1, 0.15) is 24.2 Å². The van der Waals surface area contributed by atoms with Gasteiger partial charge in [0.1, 0.15) is 5.82 Å². The van der Waals surface area contributed by atoms with E-state index in [0.717, 1.165) is 0 Å². The van der Waals surface area contributed by atoms with Gasteiger partial charge in [-0.2, -0.15) is 4.31 Å². The van der Waals surface area contributed by atoms with Crippen molar-refractivity contribution in [2.75, 3.05) is 45.2 Å². The van der Waals surface area contributed by atoms with E-state index < -0.39 is 10.0 Å². The van der Waals surface area contributed by atoms with Gasteiger partial charge in [-0.05, 0) is 70.4 Å². The monoisotopic (exact) mass is 520 g/mol. The van der Waals surface area contributed by atoms with Crippen LogP contribution in [0.5, 0.6) is 0 Å². The fraction of sp³-hybridized carbons (Fsp3) is 0.417. The minimum atomic E-state index is -3.71. The highest BCUT2D eigenvalue weighted by Crippen LogP contribution is 2.30. The number of amides is 1. The van der Waals surface area contributed by atoms with Crippen LogP contribution < -0.4 is 4.90 Å². The topological polar surface area (TPSA) is 83.1 Å². The smallest absolute Gasteiger partial charge is 0.260 e. The summed E-state index contributed by atoms with van der Waals surface area (Å²) in [5, 5.41) is 0.463. The Bertz CT molecular complexity index is 1300. The average Bonchev–Trinajstić information content (AvgIpc) is 3.21. The maximum atomic E-state index is 13.7. The molecule has 1 fully saturated rings. The number of ether oxygens (including phenoxy) is 1. The van der Waals surface area contributed by atoms with Crippen LogP contribution >= 0.6 is 11.3 Å². The summed E-state index contributed by atoms with van der Waals surface area (Å²) in [6, 6.07) is 10.3. The van der Waals surface area contributed by atoms with Crippen LogP contribution in [0.15, 0.2) is 47.4 Å². The largest absolute Gasteiger partial charge is 0.373 e. The quantitative estimate of drug-likeness (QED) is 0.475. The Morgan fingerprint density at radius 3 is 2.40 bits per heavy atom. The fourth-order valence-electron chi connectivity index (χ4n) is 3.99. The molecule has 0 N–H and O–H groups in total. The lowest BCUT2D eigenvalue weighted by atomic mass is 10.2. The number of carbonyl (C=O) groups excluding carboxylic acids is 1. The number of hydrogen-bond donors (Lipinski definition) is 0. The molecule has 11 heteroatoms. The van der Waals surface area contributed by atoms with E-state index in [2.05, 4.69) is 4.98 Å². The predicted octanol–water partition coefficient (Wildman–Crippen LogP) is 3.44. The molecule has 188 valence electrons. The normalized spacial score (nSPS) is 19.4. The lowest BCUT2D eigenvalue weighted by molar-refractivity contribution is -0.0440. The third kappa shape index (κ3) is 5.70. The Hall–Kier alpha value is -2.44. The summed E-state index contributed by atoms with van der Waals surface area (Å²) < 4.78 is 47.7. The molecule has 1 saturated heterocycles. The number of thiazole rings is 1. The molecule has 0 aliphatic carbocycles. The highest BCUT2D eigenvalue weighted by atomic mass is 32.2. The first-order chi connectivity index (χ1) is 16.5. The highest BCUT2D eigenvalue weighted by Gasteiger charge is 2.32. The van der Waals surface area contributed by atoms with Gasteiger partial charge in [0.25, 0.3) is 5.91 Å². The van der Waals surface area contributed by atoms with Gasteiger partial charge in [-0.3, -0.25) is 9.69 Å². The summed E-state index contributed by atoms with van der Waals surface area (Å²) >= 11 is 1.24. The standard InChI is InChI=1S/C24H29FN4O4S2/c1-16-14-28(15-17(2)33-16)35(31,32)20-8-5-18(6-9-20)23(30)29(12-11-27(3)4)24-26-21-10-7-19(25)13-22(21)34-24/h5-10,13,16-17H,11-12,14-15H2,1-4H3/t16-,17+. The zero-order valence-corrected chi connectivity index (χ0v) is 21.8. The zero-order valence-electron chi connectivity index (χ0n) is 20.1. The van der Waals surface area contributed by atoms with Crippen molar-refractivity contribution in [1.29, 1.82) is 0 Å². The van der Waals surface area contributed by atoms with E-state index in [1.807, 2.05) is 32.8 Å². The van der Waals surface area contributed by atoms with E-state index >= 15 is 0 Å². The Balaban J connectivity index is 1.60. The molecular formula is C24H29FN4O4S2. The molecule has 1 aliphatic heterocycles. The molecule has 1 aliphatic rings. The summed E-state index contributed by atoms with van der Waals surface area (Å²) in [4.78, 5) is 21.6.